The van der Waals surface area contributed by atoms with E-state index in [0.29, 0.717) is 16.8 Å². The van der Waals surface area contributed by atoms with Crippen molar-refractivity contribution in [2.75, 3.05) is 7.05 Å². The van der Waals surface area contributed by atoms with Crippen molar-refractivity contribution < 1.29 is 14.7 Å². The number of carbonyl (C=O) groups excluding carboxylic acids is 1. The van der Waals surface area contributed by atoms with Gasteiger partial charge < -0.3 is 15.0 Å². The van der Waals surface area contributed by atoms with Crippen molar-refractivity contribution in [3.63, 3.8) is 0 Å². The number of hydrogen-bond donors (Lipinski definition) is 2. The Morgan fingerprint density at radius 2 is 1.79 bits per heavy atom. The van der Waals surface area contributed by atoms with Crippen molar-refractivity contribution in [1.82, 2.24) is 9.88 Å². The Kier molecular flexibility index (Phi) is 4.75. The summed E-state index contributed by atoms with van der Waals surface area (Å²) >= 11 is 0. The van der Waals surface area contributed by atoms with E-state index in [1.165, 1.54) is 0 Å². The van der Waals surface area contributed by atoms with E-state index in [2.05, 4.69) is 4.98 Å². The molecule has 0 aliphatic carbocycles. The van der Waals surface area contributed by atoms with E-state index < -0.39 is 5.97 Å². The van der Waals surface area contributed by atoms with Crippen LogP contribution in [0.25, 0.3) is 0 Å². The van der Waals surface area contributed by atoms with Gasteiger partial charge in [-0.1, -0.05) is 13.8 Å². The van der Waals surface area contributed by atoms with Gasteiger partial charge >= 0.3 is 5.97 Å². The number of H-pyrrole nitrogens is 1. The average molecular weight is 266 g/mol. The molecule has 2 N–H and O–H groups in total. The number of amides is 1. The highest BCUT2D eigenvalue weighted by Gasteiger charge is 2.26. The van der Waals surface area contributed by atoms with Gasteiger partial charge in [0, 0.05) is 18.8 Å². The highest BCUT2D eigenvalue weighted by atomic mass is 16.4. The van der Waals surface area contributed by atoms with Gasteiger partial charge in [0.15, 0.2) is 0 Å². The minimum absolute atomic E-state index is 0.0961. The molecule has 19 heavy (non-hydrogen) atoms. The molecule has 0 aliphatic heterocycles. The van der Waals surface area contributed by atoms with Crippen LogP contribution >= 0.6 is 0 Å². The van der Waals surface area contributed by atoms with Crippen LogP contribution in [0.1, 0.15) is 58.8 Å². The standard InChI is InChI=1S/C14H22N2O3/c1-6-10(7-2)16(5)13(17)11-8(3)12(14(18)19)15-9(11)4/h10,15H,6-7H2,1-5H3,(H,18,19). The Balaban J connectivity index is 3.16. The van der Waals surface area contributed by atoms with Crippen LogP contribution in [0, 0.1) is 13.8 Å². The van der Waals surface area contributed by atoms with Crippen molar-refractivity contribution in [3.8, 4) is 0 Å². The topological polar surface area (TPSA) is 73.4 Å². The monoisotopic (exact) mass is 266 g/mol. The van der Waals surface area contributed by atoms with Gasteiger partial charge in [0.05, 0.1) is 5.56 Å². The van der Waals surface area contributed by atoms with E-state index in [1.54, 1.807) is 25.8 Å². The minimum Gasteiger partial charge on any atom is -0.477 e. The summed E-state index contributed by atoms with van der Waals surface area (Å²) in [7, 11) is 1.77. The lowest BCUT2D eigenvalue weighted by Gasteiger charge is -2.26. The zero-order valence-electron chi connectivity index (χ0n) is 12.2. The molecule has 0 aliphatic rings. The Labute approximate surface area is 113 Å². The summed E-state index contributed by atoms with van der Waals surface area (Å²) in [6.07, 6.45) is 1.76. The maximum absolute atomic E-state index is 12.5. The van der Waals surface area contributed by atoms with Crippen LogP contribution < -0.4 is 0 Å². The van der Waals surface area contributed by atoms with E-state index in [4.69, 9.17) is 5.11 Å². The molecule has 1 heterocycles. The zero-order valence-corrected chi connectivity index (χ0v) is 12.2. The molecule has 0 saturated carbocycles. The number of nitrogens with one attached hydrogen (secondary N) is 1. The lowest BCUT2D eigenvalue weighted by Crippen LogP contribution is -2.36. The van der Waals surface area contributed by atoms with Crippen LogP contribution in [-0.4, -0.2) is 40.0 Å². The molecular formula is C14H22N2O3. The van der Waals surface area contributed by atoms with Crippen LogP contribution in [-0.2, 0) is 0 Å². The summed E-state index contributed by atoms with van der Waals surface area (Å²) in [6, 6.07) is 0.175. The zero-order chi connectivity index (χ0) is 14.7. The molecule has 5 nitrogen and oxygen atoms in total. The summed E-state index contributed by atoms with van der Waals surface area (Å²) in [5, 5.41) is 9.07. The number of carboxylic acids is 1. The third kappa shape index (κ3) is 2.80. The summed E-state index contributed by atoms with van der Waals surface area (Å²) in [5.41, 5.74) is 1.69. The van der Waals surface area contributed by atoms with Gasteiger partial charge in [-0.2, -0.15) is 0 Å². The second-order valence-electron chi connectivity index (χ2n) is 4.82. The number of nitrogens with zero attached hydrogens (tertiary/aromatic N) is 1. The molecule has 0 spiro atoms. The highest BCUT2D eigenvalue weighted by Crippen LogP contribution is 2.21. The number of carbonyl (C=O) groups is 2. The average Bonchev–Trinajstić information content (AvgIpc) is 2.65. The molecule has 5 heteroatoms. The van der Waals surface area contributed by atoms with Gasteiger partial charge in [-0.15, -0.1) is 0 Å². The van der Waals surface area contributed by atoms with Crippen LogP contribution in [0.4, 0.5) is 0 Å². The van der Waals surface area contributed by atoms with Crippen LogP contribution in [0.5, 0.6) is 0 Å². The number of carboxylic acid groups (broad SMARTS) is 1. The summed E-state index contributed by atoms with van der Waals surface area (Å²) < 4.78 is 0. The maximum Gasteiger partial charge on any atom is 0.352 e. The van der Waals surface area contributed by atoms with Crippen molar-refractivity contribution in [3.05, 3.63) is 22.5 Å². The van der Waals surface area contributed by atoms with Crippen molar-refractivity contribution in [2.24, 2.45) is 0 Å². The van der Waals surface area contributed by atoms with E-state index >= 15 is 0 Å². The van der Waals surface area contributed by atoms with E-state index in [1.807, 2.05) is 13.8 Å². The Morgan fingerprint density at radius 1 is 1.26 bits per heavy atom. The summed E-state index contributed by atoms with van der Waals surface area (Å²) in [5.74, 6) is -1.16. The Morgan fingerprint density at radius 3 is 2.16 bits per heavy atom. The normalized spacial score (nSPS) is 10.8. The molecule has 1 amide bonds. The van der Waals surface area contributed by atoms with Gasteiger partial charge in [0.1, 0.15) is 5.69 Å². The molecule has 0 radical (unpaired) electrons. The largest absolute Gasteiger partial charge is 0.477 e. The van der Waals surface area contributed by atoms with Gasteiger partial charge in [-0.25, -0.2) is 4.79 Å². The molecule has 106 valence electrons. The van der Waals surface area contributed by atoms with Gasteiger partial charge in [0.2, 0.25) is 0 Å². The first-order valence-electron chi connectivity index (χ1n) is 6.54. The van der Waals surface area contributed by atoms with Gasteiger partial charge in [-0.3, -0.25) is 4.79 Å². The molecule has 1 rings (SSSR count). The van der Waals surface area contributed by atoms with Crippen molar-refractivity contribution >= 4 is 11.9 Å². The molecular weight excluding hydrogens is 244 g/mol. The number of rotatable bonds is 5. The molecule has 1 aromatic heterocycles. The molecule has 0 atom stereocenters. The van der Waals surface area contributed by atoms with Gasteiger partial charge in [-0.05, 0) is 32.3 Å². The van der Waals surface area contributed by atoms with E-state index in [0.717, 1.165) is 12.8 Å². The summed E-state index contributed by atoms with van der Waals surface area (Å²) in [4.78, 5) is 28.0. The Bertz CT molecular complexity index is 487. The number of aromatic amines is 1. The summed E-state index contributed by atoms with van der Waals surface area (Å²) in [6.45, 7) is 7.48. The number of aromatic carboxylic acids is 1. The second kappa shape index (κ2) is 5.91. The molecule has 0 saturated heterocycles. The first-order valence-corrected chi connectivity index (χ1v) is 6.54. The maximum atomic E-state index is 12.5. The quantitative estimate of drug-likeness (QED) is 0.860. The first-order chi connectivity index (χ1) is 8.84. The molecule has 1 aromatic rings. The lowest BCUT2D eigenvalue weighted by molar-refractivity contribution is 0.0690. The van der Waals surface area contributed by atoms with Crippen molar-refractivity contribution in [1.29, 1.82) is 0 Å². The highest BCUT2D eigenvalue weighted by molar-refractivity contribution is 6.00. The number of aromatic nitrogens is 1. The van der Waals surface area contributed by atoms with Crippen molar-refractivity contribution in [2.45, 2.75) is 46.6 Å². The molecule has 0 bridgehead atoms. The number of aryl methyl sites for hydroxylation is 1. The molecule has 0 aromatic carbocycles. The Hall–Kier alpha value is -1.78. The lowest BCUT2D eigenvalue weighted by atomic mass is 10.1. The number of hydrogen-bond acceptors (Lipinski definition) is 2. The smallest absolute Gasteiger partial charge is 0.352 e. The SMILES string of the molecule is CCC(CC)N(C)C(=O)c1c(C)[nH]c(C(=O)O)c1C. The second-order valence-corrected chi connectivity index (χ2v) is 4.82. The van der Waals surface area contributed by atoms with E-state index in [-0.39, 0.29) is 17.6 Å². The minimum atomic E-state index is -1.04. The predicted molar refractivity (Wildman–Crippen MR) is 73.7 cm³/mol. The van der Waals surface area contributed by atoms with Crippen LogP contribution in [0.2, 0.25) is 0 Å². The van der Waals surface area contributed by atoms with Gasteiger partial charge in [0.25, 0.3) is 5.91 Å². The predicted octanol–water partition coefficient (Wildman–Crippen LogP) is 2.59. The fourth-order valence-corrected chi connectivity index (χ4v) is 2.46. The molecule has 0 fully saturated rings. The fraction of sp³-hybridized carbons (Fsp3) is 0.571. The third-order valence-corrected chi connectivity index (χ3v) is 3.68. The third-order valence-electron chi connectivity index (χ3n) is 3.68. The fourth-order valence-electron chi connectivity index (χ4n) is 2.46. The molecule has 0 unspecified atom stereocenters. The van der Waals surface area contributed by atoms with Crippen LogP contribution in [0.15, 0.2) is 0 Å². The first kappa shape index (κ1) is 15.3. The van der Waals surface area contributed by atoms with E-state index in [9.17, 15) is 9.59 Å². The van der Waals surface area contributed by atoms with Crippen LogP contribution in [0.3, 0.4) is 0 Å².